The SMILES string of the molecule is CCn1cc(CN2Cc3ccccc3C(O)C2)cc1C#N. The zero-order valence-electron chi connectivity index (χ0n) is 12.2. The van der Waals surface area contributed by atoms with Crippen molar-refractivity contribution in [3.8, 4) is 6.07 Å². The summed E-state index contributed by atoms with van der Waals surface area (Å²) in [6.45, 7) is 5.07. The van der Waals surface area contributed by atoms with Gasteiger partial charge in [-0.3, -0.25) is 4.90 Å². The molecule has 0 fully saturated rings. The minimum atomic E-state index is -0.432. The first kappa shape index (κ1) is 13.9. The van der Waals surface area contributed by atoms with E-state index in [4.69, 9.17) is 5.26 Å². The Kier molecular flexibility index (Phi) is 3.78. The van der Waals surface area contributed by atoms with E-state index in [9.17, 15) is 5.11 Å². The monoisotopic (exact) mass is 281 g/mol. The minimum absolute atomic E-state index is 0.432. The van der Waals surface area contributed by atoms with Gasteiger partial charge in [-0.2, -0.15) is 5.26 Å². The number of nitriles is 1. The van der Waals surface area contributed by atoms with Crippen molar-refractivity contribution >= 4 is 0 Å². The predicted molar refractivity (Wildman–Crippen MR) is 80.3 cm³/mol. The first-order valence-corrected chi connectivity index (χ1v) is 7.28. The van der Waals surface area contributed by atoms with Crippen molar-refractivity contribution < 1.29 is 5.11 Å². The highest BCUT2D eigenvalue weighted by Crippen LogP contribution is 2.27. The third-order valence-electron chi connectivity index (χ3n) is 4.05. The van der Waals surface area contributed by atoms with Crippen LogP contribution in [-0.4, -0.2) is 21.1 Å². The molecule has 1 aliphatic heterocycles. The van der Waals surface area contributed by atoms with Gasteiger partial charge in [0.25, 0.3) is 0 Å². The van der Waals surface area contributed by atoms with E-state index < -0.39 is 6.10 Å². The molecule has 108 valence electrons. The van der Waals surface area contributed by atoms with Gasteiger partial charge in [-0.05, 0) is 29.7 Å². The molecular formula is C17H19N3O. The molecule has 0 bridgehead atoms. The summed E-state index contributed by atoms with van der Waals surface area (Å²) in [5, 5.41) is 19.4. The molecule has 0 spiro atoms. The van der Waals surface area contributed by atoms with Gasteiger partial charge in [-0.25, -0.2) is 0 Å². The fourth-order valence-electron chi connectivity index (χ4n) is 3.04. The molecule has 0 amide bonds. The van der Waals surface area contributed by atoms with Crippen LogP contribution in [0, 0.1) is 11.3 Å². The van der Waals surface area contributed by atoms with Crippen LogP contribution in [0.3, 0.4) is 0 Å². The van der Waals surface area contributed by atoms with E-state index in [0.29, 0.717) is 12.2 Å². The molecule has 0 aliphatic carbocycles. The van der Waals surface area contributed by atoms with Crippen molar-refractivity contribution in [1.29, 1.82) is 5.26 Å². The molecule has 1 atom stereocenters. The molecule has 1 aliphatic rings. The first-order chi connectivity index (χ1) is 10.2. The zero-order valence-corrected chi connectivity index (χ0v) is 12.2. The molecule has 2 aromatic rings. The summed E-state index contributed by atoms with van der Waals surface area (Å²) >= 11 is 0. The number of fused-ring (bicyclic) bond motifs is 1. The summed E-state index contributed by atoms with van der Waals surface area (Å²) in [4.78, 5) is 2.23. The third kappa shape index (κ3) is 2.71. The lowest BCUT2D eigenvalue weighted by molar-refractivity contribution is 0.0882. The lowest BCUT2D eigenvalue weighted by atomic mass is 9.97. The standard InChI is InChI=1S/C17H19N3O/c1-2-20-10-13(7-15(20)8-18)9-19-11-14-5-3-4-6-16(14)17(21)12-19/h3-7,10,17,21H,2,9,11-12H2,1H3. The van der Waals surface area contributed by atoms with Crippen LogP contribution in [0.15, 0.2) is 36.5 Å². The van der Waals surface area contributed by atoms with E-state index in [1.54, 1.807) is 0 Å². The highest BCUT2D eigenvalue weighted by molar-refractivity contribution is 5.32. The number of benzene rings is 1. The fourth-order valence-corrected chi connectivity index (χ4v) is 3.04. The molecule has 4 heteroatoms. The summed E-state index contributed by atoms with van der Waals surface area (Å²) in [5.41, 5.74) is 4.05. The number of aliphatic hydroxyl groups excluding tert-OH is 1. The Bertz CT molecular complexity index is 684. The van der Waals surface area contributed by atoms with E-state index >= 15 is 0 Å². The van der Waals surface area contributed by atoms with Gasteiger partial charge in [0.15, 0.2) is 0 Å². The number of hydrogen-bond donors (Lipinski definition) is 1. The van der Waals surface area contributed by atoms with Gasteiger partial charge in [0.1, 0.15) is 11.8 Å². The lowest BCUT2D eigenvalue weighted by Crippen LogP contribution is -2.33. The molecular weight excluding hydrogens is 262 g/mol. The summed E-state index contributed by atoms with van der Waals surface area (Å²) in [6, 6.07) is 12.2. The lowest BCUT2D eigenvalue weighted by Gasteiger charge is -2.31. The van der Waals surface area contributed by atoms with Gasteiger partial charge < -0.3 is 9.67 Å². The molecule has 0 saturated heterocycles. The predicted octanol–water partition coefficient (Wildman–Crippen LogP) is 2.43. The topological polar surface area (TPSA) is 52.2 Å². The molecule has 0 radical (unpaired) electrons. The Labute approximate surface area is 124 Å². The molecule has 2 heterocycles. The van der Waals surface area contributed by atoms with Gasteiger partial charge in [0.05, 0.1) is 6.10 Å². The van der Waals surface area contributed by atoms with Crippen molar-refractivity contribution in [2.45, 2.75) is 32.7 Å². The molecule has 1 aromatic heterocycles. The van der Waals surface area contributed by atoms with Crippen molar-refractivity contribution in [2.75, 3.05) is 6.54 Å². The number of aryl methyl sites for hydroxylation is 1. The van der Waals surface area contributed by atoms with Crippen molar-refractivity contribution in [1.82, 2.24) is 9.47 Å². The summed E-state index contributed by atoms with van der Waals surface area (Å²) < 4.78 is 1.96. The normalized spacial score (nSPS) is 18.2. The Morgan fingerprint density at radius 3 is 2.90 bits per heavy atom. The van der Waals surface area contributed by atoms with Crippen LogP contribution in [0.1, 0.15) is 35.4 Å². The van der Waals surface area contributed by atoms with Gasteiger partial charge in [0.2, 0.25) is 0 Å². The van der Waals surface area contributed by atoms with E-state index in [-0.39, 0.29) is 0 Å². The fraction of sp³-hybridized carbons (Fsp3) is 0.353. The molecule has 21 heavy (non-hydrogen) atoms. The van der Waals surface area contributed by atoms with Crippen LogP contribution in [0.5, 0.6) is 0 Å². The Morgan fingerprint density at radius 1 is 1.38 bits per heavy atom. The number of aromatic nitrogens is 1. The van der Waals surface area contributed by atoms with Crippen LogP contribution in [0.25, 0.3) is 0 Å². The minimum Gasteiger partial charge on any atom is -0.387 e. The number of aliphatic hydroxyl groups is 1. The second kappa shape index (κ2) is 5.72. The maximum absolute atomic E-state index is 10.3. The van der Waals surface area contributed by atoms with Crippen molar-refractivity contribution in [2.24, 2.45) is 0 Å². The quantitative estimate of drug-likeness (QED) is 0.940. The molecule has 1 aromatic carbocycles. The average molecular weight is 281 g/mol. The average Bonchev–Trinajstić information content (AvgIpc) is 2.89. The number of nitrogens with zero attached hydrogens (tertiary/aromatic N) is 3. The van der Waals surface area contributed by atoms with Crippen LogP contribution in [0.4, 0.5) is 0 Å². The second-order valence-corrected chi connectivity index (χ2v) is 5.52. The van der Waals surface area contributed by atoms with E-state index in [2.05, 4.69) is 17.0 Å². The second-order valence-electron chi connectivity index (χ2n) is 5.52. The summed E-state index contributed by atoms with van der Waals surface area (Å²) in [5.74, 6) is 0. The summed E-state index contributed by atoms with van der Waals surface area (Å²) in [7, 11) is 0. The molecule has 0 saturated carbocycles. The summed E-state index contributed by atoms with van der Waals surface area (Å²) in [6.07, 6.45) is 1.60. The van der Waals surface area contributed by atoms with Crippen molar-refractivity contribution in [3.63, 3.8) is 0 Å². The number of rotatable bonds is 3. The first-order valence-electron chi connectivity index (χ1n) is 7.28. The van der Waals surface area contributed by atoms with E-state index in [1.165, 1.54) is 5.56 Å². The highest BCUT2D eigenvalue weighted by Gasteiger charge is 2.23. The number of β-amino-alcohol motifs (C(OH)–C–C–N with tert-alkyl or cyclic N) is 1. The Hall–Kier alpha value is -2.09. The Balaban J connectivity index is 1.78. The van der Waals surface area contributed by atoms with Crippen LogP contribution < -0.4 is 0 Å². The maximum atomic E-state index is 10.3. The Morgan fingerprint density at radius 2 is 2.19 bits per heavy atom. The van der Waals surface area contributed by atoms with Gasteiger partial charge in [0, 0.05) is 32.4 Å². The molecule has 1 N–H and O–H groups in total. The van der Waals surface area contributed by atoms with Gasteiger partial charge in [-0.1, -0.05) is 24.3 Å². The highest BCUT2D eigenvalue weighted by atomic mass is 16.3. The van der Waals surface area contributed by atoms with Crippen molar-refractivity contribution in [3.05, 3.63) is 58.9 Å². The molecule has 4 nitrogen and oxygen atoms in total. The third-order valence-corrected chi connectivity index (χ3v) is 4.05. The molecule has 1 unspecified atom stereocenters. The zero-order chi connectivity index (χ0) is 14.8. The van der Waals surface area contributed by atoms with Crippen LogP contribution in [0.2, 0.25) is 0 Å². The smallest absolute Gasteiger partial charge is 0.120 e. The van der Waals surface area contributed by atoms with Crippen LogP contribution in [-0.2, 0) is 19.6 Å². The van der Waals surface area contributed by atoms with Gasteiger partial charge in [-0.15, -0.1) is 0 Å². The number of hydrogen-bond acceptors (Lipinski definition) is 3. The van der Waals surface area contributed by atoms with Crippen LogP contribution >= 0.6 is 0 Å². The largest absolute Gasteiger partial charge is 0.387 e. The molecule has 3 rings (SSSR count). The van der Waals surface area contributed by atoms with Gasteiger partial charge >= 0.3 is 0 Å². The maximum Gasteiger partial charge on any atom is 0.120 e. The van der Waals surface area contributed by atoms with E-state index in [1.807, 2.05) is 42.0 Å². The van der Waals surface area contributed by atoms with E-state index in [0.717, 1.165) is 30.8 Å².